The molecule has 0 saturated carbocycles. The van der Waals surface area contributed by atoms with E-state index in [1.807, 2.05) is 0 Å². The number of halogens is 3. The molecule has 0 fully saturated rings. The Balaban J connectivity index is 3.31. The van der Waals surface area contributed by atoms with Crippen molar-refractivity contribution in [1.82, 2.24) is 4.72 Å². The summed E-state index contributed by atoms with van der Waals surface area (Å²) in [4.78, 5) is 22.5. The molecule has 0 radical (unpaired) electrons. The minimum Gasteiger partial charge on any atom is -0.326 e. The number of carbonyl (C=O) groups is 2. The fourth-order valence-corrected chi connectivity index (χ4v) is 1.88. The van der Waals surface area contributed by atoms with Crippen molar-refractivity contribution < 1.29 is 31.2 Å². The molecule has 0 atom stereocenters. The molecular formula is C11H11F3N2O4S. The van der Waals surface area contributed by atoms with Gasteiger partial charge in [0.1, 0.15) is 0 Å². The molecule has 10 heteroatoms. The van der Waals surface area contributed by atoms with E-state index < -0.39 is 39.1 Å². The van der Waals surface area contributed by atoms with Crippen molar-refractivity contribution in [3.05, 3.63) is 29.3 Å². The van der Waals surface area contributed by atoms with Gasteiger partial charge in [0.15, 0.2) is 0 Å². The first-order chi connectivity index (χ1) is 9.38. The molecule has 0 unspecified atom stereocenters. The van der Waals surface area contributed by atoms with Crippen LogP contribution in [0.5, 0.6) is 0 Å². The summed E-state index contributed by atoms with van der Waals surface area (Å²) >= 11 is 0. The Bertz CT molecular complexity index is 683. The Morgan fingerprint density at radius 2 is 1.71 bits per heavy atom. The summed E-state index contributed by atoms with van der Waals surface area (Å²) in [5.74, 6) is -1.86. The molecule has 21 heavy (non-hydrogen) atoms. The second-order valence-electron chi connectivity index (χ2n) is 4.18. The normalized spacial score (nSPS) is 11.9. The molecule has 0 heterocycles. The number of hydrogen-bond acceptors (Lipinski definition) is 4. The minimum atomic E-state index is -4.76. The van der Waals surface area contributed by atoms with Crippen LogP contribution in [0.2, 0.25) is 0 Å². The molecule has 0 bridgehead atoms. The first-order valence-corrected chi connectivity index (χ1v) is 7.29. The van der Waals surface area contributed by atoms with Gasteiger partial charge in [-0.2, -0.15) is 13.2 Å². The monoisotopic (exact) mass is 324 g/mol. The van der Waals surface area contributed by atoms with Crippen LogP contribution < -0.4 is 10.0 Å². The molecule has 0 aromatic heterocycles. The standard InChI is InChI=1S/C11H11F3N2O4S/c1-6(17)15-9-4-7(10(18)16-21(2,19)20)3-8(5-9)11(12,13)14/h3-5H,1-2H3,(H,15,17)(H,16,18). The van der Waals surface area contributed by atoms with Gasteiger partial charge in [0, 0.05) is 18.2 Å². The van der Waals surface area contributed by atoms with Crippen LogP contribution in [0.15, 0.2) is 18.2 Å². The van der Waals surface area contributed by atoms with E-state index in [9.17, 15) is 31.2 Å². The minimum absolute atomic E-state index is 0.268. The molecule has 0 spiro atoms. The van der Waals surface area contributed by atoms with Crippen LogP contribution in [0.3, 0.4) is 0 Å². The highest BCUT2D eigenvalue weighted by Crippen LogP contribution is 2.32. The maximum Gasteiger partial charge on any atom is 0.416 e. The molecule has 0 aliphatic rings. The van der Waals surface area contributed by atoms with Gasteiger partial charge in [-0.25, -0.2) is 13.1 Å². The molecule has 0 aliphatic carbocycles. The molecule has 1 aromatic rings. The summed E-state index contributed by atoms with van der Waals surface area (Å²) in [5.41, 5.74) is -2.00. The van der Waals surface area contributed by atoms with Crippen molar-refractivity contribution in [2.75, 3.05) is 11.6 Å². The first kappa shape index (κ1) is 17.0. The Kier molecular flexibility index (Phi) is 4.62. The van der Waals surface area contributed by atoms with Crippen LogP contribution in [0.1, 0.15) is 22.8 Å². The third-order valence-corrected chi connectivity index (χ3v) is 2.68. The molecule has 0 saturated heterocycles. The van der Waals surface area contributed by atoms with Crippen molar-refractivity contribution >= 4 is 27.5 Å². The van der Waals surface area contributed by atoms with Crippen LogP contribution in [0.4, 0.5) is 18.9 Å². The molecular weight excluding hydrogens is 313 g/mol. The molecule has 1 aromatic carbocycles. The SMILES string of the molecule is CC(=O)Nc1cc(C(=O)NS(C)(=O)=O)cc(C(F)(F)F)c1. The fourth-order valence-electron chi connectivity index (χ4n) is 1.43. The molecule has 116 valence electrons. The van der Waals surface area contributed by atoms with E-state index in [1.54, 1.807) is 4.72 Å². The van der Waals surface area contributed by atoms with Crippen LogP contribution in [-0.2, 0) is 21.0 Å². The number of benzene rings is 1. The van der Waals surface area contributed by atoms with Crippen molar-refractivity contribution in [2.24, 2.45) is 0 Å². The molecule has 2 amide bonds. The average Bonchev–Trinajstić information content (AvgIpc) is 2.23. The molecule has 1 rings (SSSR count). The summed E-state index contributed by atoms with van der Waals surface area (Å²) in [6.45, 7) is 1.08. The highest BCUT2D eigenvalue weighted by atomic mass is 32.2. The van der Waals surface area contributed by atoms with Gasteiger partial charge in [-0.05, 0) is 18.2 Å². The van der Waals surface area contributed by atoms with Gasteiger partial charge >= 0.3 is 6.18 Å². The van der Waals surface area contributed by atoms with E-state index in [0.29, 0.717) is 18.4 Å². The lowest BCUT2D eigenvalue weighted by Gasteiger charge is -2.12. The number of hydrogen-bond donors (Lipinski definition) is 2. The lowest BCUT2D eigenvalue weighted by atomic mass is 10.1. The Morgan fingerprint density at radius 3 is 2.14 bits per heavy atom. The third kappa shape index (κ3) is 5.42. The zero-order valence-corrected chi connectivity index (χ0v) is 11.7. The zero-order valence-electron chi connectivity index (χ0n) is 10.9. The van der Waals surface area contributed by atoms with Crippen LogP contribution >= 0.6 is 0 Å². The number of alkyl halides is 3. The largest absolute Gasteiger partial charge is 0.416 e. The van der Waals surface area contributed by atoms with Gasteiger partial charge in [0.2, 0.25) is 15.9 Å². The summed E-state index contributed by atoms with van der Waals surface area (Å²) in [6.07, 6.45) is -4.07. The predicted octanol–water partition coefficient (Wildman–Crippen LogP) is 1.35. The summed E-state index contributed by atoms with van der Waals surface area (Å²) in [6, 6.07) is 2.07. The number of nitrogens with one attached hydrogen (secondary N) is 2. The van der Waals surface area contributed by atoms with Gasteiger partial charge in [-0.1, -0.05) is 0 Å². The lowest BCUT2D eigenvalue weighted by molar-refractivity contribution is -0.137. The van der Waals surface area contributed by atoms with E-state index >= 15 is 0 Å². The maximum absolute atomic E-state index is 12.7. The van der Waals surface area contributed by atoms with E-state index in [-0.39, 0.29) is 5.69 Å². The highest BCUT2D eigenvalue weighted by molar-refractivity contribution is 7.89. The van der Waals surface area contributed by atoms with E-state index in [0.717, 1.165) is 13.0 Å². The van der Waals surface area contributed by atoms with Crippen molar-refractivity contribution in [3.63, 3.8) is 0 Å². The van der Waals surface area contributed by atoms with Gasteiger partial charge in [-0.15, -0.1) is 0 Å². The number of rotatable bonds is 3. The molecule has 0 aliphatic heterocycles. The number of carbonyl (C=O) groups excluding carboxylic acids is 2. The third-order valence-electron chi connectivity index (χ3n) is 2.12. The number of sulfonamides is 1. The highest BCUT2D eigenvalue weighted by Gasteiger charge is 2.32. The lowest BCUT2D eigenvalue weighted by Crippen LogP contribution is -2.29. The Labute approximate surface area is 118 Å². The van der Waals surface area contributed by atoms with Gasteiger partial charge in [0.25, 0.3) is 5.91 Å². The Hall–Kier alpha value is -2.10. The second kappa shape index (κ2) is 5.72. The average molecular weight is 324 g/mol. The summed E-state index contributed by atoms with van der Waals surface area (Å²) in [7, 11) is -3.92. The van der Waals surface area contributed by atoms with Gasteiger partial charge < -0.3 is 5.32 Å². The molecule has 2 N–H and O–H groups in total. The predicted molar refractivity (Wildman–Crippen MR) is 68.1 cm³/mol. The maximum atomic E-state index is 12.7. The number of anilines is 1. The Morgan fingerprint density at radius 1 is 1.14 bits per heavy atom. The van der Waals surface area contributed by atoms with E-state index in [1.165, 1.54) is 0 Å². The summed E-state index contributed by atoms with van der Waals surface area (Å²) in [5, 5.41) is 2.11. The fraction of sp³-hybridized carbons (Fsp3) is 0.273. The van der Waals surface area contributed by atoms with E-state index in [2.05, 4.69) is 5.32 Å². The quantitative estimate of drug-likeness (QED) is 0.878. The second-order valence-corrected chi connectivity index (χ2v) is 5.93. The summed E-state index contributed by atoms with van der Waals surface area (Å²) < 4.78 is 61.6. The van der Waals surface area contributed by atoms with Gasteiger partial charge in [-0.3, -0.25) is 9.59 Å². The smallest absolute Gasteiger partial charge is 0.326 e. The van der Waals surface area contributed by atoms with Crippen LogP contribution in [-0.4, -0.2) is 26.5 Å². The first-order valence-electron chi connectivity index (χ1n) is 5.40. The van der Waals surface area contributed by atoms with Crippen molar-refractivity contribution in [3.8, 4) is 0 Å². The van der Waals surface area contributed by atoms with Gasteiger partial charge in [0.05, 0.1) is 11.8 Å². The van der Waals surface area contributed by atoms with Crippen LogP contribution in [0.25, 0.3) is 0 Å². The van der Waals surface area contributed by atoms with Crippen molar-refractivity contribution in [1.29, 1.82) is 0 Å². The number of amides is 2. The zero-order chi connectivity index (χ0) is 16.4. The van der Waals surface area contributed by atoms with E-state index in [4.69, 9.17) is 0 Å². The van der Waals surface area contributed by atoms with Crippen molar-refractivity contribution in [2.45, 2.75) is 13.1 Å². The van der Waals surface area contributed by atoms with Crippen LogP contribution in [0, 0.1) is 0 Å². The molecule has 6 nitrogen and oxygen atoms in total. The topological polar surface area (TPSA) is 92.3 Å².